The number of aromatic amines is 1. The molecule has 122 valence electrons. The van der Waals surface area contributed by atoms with Crippen LogP contribution in [0.4, 0.5) is 10.1 Å². The van der Waals surface area contributed by atoms with Crippen molar-refractivity contribution in [1.29, 1.82) is 0 Å². The van der Waals surface area contributed by atoms with Crippen LogP contribution in [-0.4, -0.2) is 10.9 Å². The van der Waals surface area contributed by atoms with Crippen LogP contribution in [0.3, 0.4) is 0 Å². The Bertz CT molecular complexity index is 1180. The van der Waals surface area contributed by atoms with E-state index in [4.69, 9.17) is 0 Å². The van der Waals surface area contributed by atoms with Crippen LogP contribution in [0.15, 0.2) is 71.7 Å². The van der Waals surface area contributed by atoms with Crippen LogP contribution in [0, 0.1) is 5.82 Å². The van der Waals surface area contributed by atoms with Gasteiger partial charge < -0.3 is 10.3 Å². The van der Waals surface area contributed by atoms with Gasteiger partial charge in [0, 0.05) is 28.2 Å². The number of amides is 1. The highest BCUT2D eigenvalue weighted by atomic mass is 19.1. The standard InChI is InChI=1S/C20H13FN2O2/c21-13-8-9-17-15(10-13)19(24)16(11-22-17)20(25)23-18-7-3-5-12-4-1-2-6-14(12)18/h1-11H,(H,22,24)(H,23,25). The summed E-state index contributed by atoms with van der Waals surface area (Å²) in [6.45, 7) is 0. The first-order valence-corrected chi connectivity index (χ1v) is 7.73. The fraction of sp³-hybridized carbons (Fsp3) is 0. The lowest BCUT2D eigenvalue weighted by molar-refractivity contribution is 0.102. The lowest BCUT2D eigenvalue weighted by atomic mass is 10.1. The number of pyridine rings is 1. The average Bonchev–Trinajstić information content (AvgIpc) is 2.63. The SMILES string of the molecule is O=C(Nc1cccc2ccccc12)c1c[nH]c2ccc(F)cc2c1=O. The lowest BCUT2D eigenvalue weighted by Crippen LogP contribution is -2.22. The Balaban J connectivity index is 1.77. The number of halogens is 1. The smallest absolute Gasteiger partial charge is 0.261 e. The second-order valence-corrected chi connectivity index (χ2v) is 5.70. The normalized spacial score (nSPS) is 10.9. The third-order valence-corrected chi connectivity index (χ3v) is 4.13. The molecule has 0 fully saturated rings. The van der Waals surface area contributed by atoms with Crippen molar-refractivity contribution < 1.29 is 9.18 Å². The molecule has 0 saturated carbocycles. The Morgan fingerprint density at radius 1 is 0.960 bits per heavy atom. The molecule has 0 atom stereocenters. The van der Waals surface area contributed by atoms with Crippen LogP contribution >= 0.6 is 0 Å². The summed E-state index contributed by atoms with van der Waals surface area (Å²) >= 11 is 0. The topological polar surface area (TPSA) is 62.0 Å². The molecule has 0 bridgehead atoms. The number of aromatic nitrogens is 1. The summed E-state index contributed by atoms with van der Waals surface area (Å²) in [5, 5.41) is 4.77. The number of carbonyl (C=O) groups excluding carboxylic acids is 1. The summed E-state index contributed by atoms with van der Waals surface area (Å²) in [6, 6.07) is 17.0. The van der Waals surface area contributed by atoms with Crippen molar-refractivity contribution in [3.05, 3.63) is 88.5 Å². The van der Waals surface area contributed by atoms with Crippen molar-refractivity contribution >= 4 is 33.3 Å². The van der Waals surface area contributed by atoms with Crippen molar-refractivity contribution in [2.24, 2.45) is 0 Å². The Morgan fingerprint density at radius 3 is 2.64 bits per heavy atom. The second-order valence-electron chi connectivity index (χ2n) is 5.70. The van der Waals surface area contributed by atoms with Crippen molar-refractivity contribution in [3.63, 3.8) is 0 Å². The summed E-state index contributed by atoms with van der Waals surface area (Å²) in [4.78, 5) is 28.0. The molecule has 0 unspecified atom stereocenters. The van der Waals surface area contributed by atoms with Crippen LogP contribution in [0.5, 0.6) is 0 Å². The third-order valence-electron chi connectivity index (χ3n) is 4.13. The lowest BCUT2D eigenvalue weighted by Gasteiger charge is -2.09. The molecule has 0 saturated heterocycles. The molecule has 0 spiro atoms. The molecule has 4 rings (SSSR count). The minimum Gasteiger partial charge on any atom is -0.360 e. The Kier molecular flexibility index (Phi) is 3.54. The van der Waals surface area contributed by atoms with E-state index < -0.39 is 17.2 Å². The van der Waals surface area contributed by atoms with Crippen molar-refractivity contribution in [2.45, 2.75) is 0 Å². The summed E-state index contributed by atoms with van der Waals surface area (Å²) in [5.74, 6) is -1.06. The van der Waals surface area contributed by atoms with E-state index in [9.17, 15) is 14.0 Å². The first-order valence-electron chi connectivity index (χ1n) is 7.73. The maximum absolute atomic E-state index is 13.4. The Morgan fingerprint density at radius 2 is 1.76 bits per heavy atom. The average molecular weight is 332 g/mol. The van der Waals surface area contributed by atoms with Gasteiger partial charge in [0.15, 0.2) is 0 Å². The van der Waals surface area contributed by atoms with Gasteiger partial charge in [0.25, 0.3) is 5.91 Å². The van der Waals surface area contributed by atoms with Crippen molar-refractivity contribution in [3.8, 4) is 0 Å². The number of anilines is 1. The van der Waals surface area contributed by atoms with Gasteiger partial charge in [-0.25, -0.2) is 4.39 Å². The largest absolute Gasteiger partial charge is 0.360 e. The molecule has 4 nitrogen and oxygen atoms in total. The zero-order chi connectivity index (χ0) is 17.4. The summed E-state index contributed by atoms with van der Waals surface area (Å²) in [6.07, 6.45) is 1.35. The molecule has 5 heteroatoms. The monoisotopic (exact) mass is 332 g/mol. The molecule has 0 aliphatic rings. The highest BCUT2D eigenvalue weighted by Crippen LogP contribution is 2.23. The van der Waals surface area contributed by atoms with Gasteiger partial charge in [-0.3, -0.25) is 9.59 Å². The zero-order valence-corrected chi connectivity index (χ0v) is 13.0. The van der Waals surface area contributed by atoms with E-state index in [0.29, 0.717) is 11.2 Å². The fourth-order valence-electron chi connectivity index (χ4n) is 2.88. The van der Waals surface area contributed by atoms with Crippen molar-refractivity contribution in [1.82, 2.24) is 4.98 Å². The number of fused-ring (bicyclic) bond motifs is 2. The molecule has 1 heterocycles. The van der Waals surface area contributed by atoms with E-state index in [1.807, 2.05) is 36.4 Å². The van der Waals surface area contributed by atoms with Crippen LogP contribution < -0.4 is 10.7 Å². The van der Waals surface area contributed by atoms with Gasteiger partial charge in [0.05, 0.1) is 0 Å². The van der Waals surface area contributed by atoms with Gasteiger partial charge in [-0.15, -0.1) is 0 Å². The highest BCUT2D eigenvalue weighted by molar-refractivity contribution is 6.09. The van der Waals surface area contributed by atoms with Crippen LogP contribution in [-0.2, 0) is 0 Å². The number of H-pyrrole nitrogens is 1. The first-order chi connectivity index (χ1) is 12.1. The van der Waals surface area contributed by atoms with Gasteiger partial charge in [0.2, 0.25) is 5.43 Å². The minimum absolute atomic E-state index is 0.0639. The number of benzene rings is 3. The van der Waals surface area contributed by atoms with Crippen LogP contribution in [0.2, 0.25) is 0 Å². The van der Waals surface area contributed by atoms with E-state index in [2.05, 4.69) is 10.3 Å². The van der Waals surface area contributed by atoms with Gasteiger partial charge >= 0.3 is 0 Å². The Hall–Kier alpha value is -3.47. The third kappa shape index (κ3) is 2.65. The molecule has 0 aliphatic carbocycles. The number of hydrogen-bond acceptors (Lipinski definition) is 2. The predicted octanol–water partition coefficient (Wildman–Crippen LogP) is 4.07. The van der Waals surface area contributed by atoms with Crippen LogP contribution in [0.1, 0.15) is 10.4 Å². The maximum atomic E-state index is 13.4. The number of hydrogen-bond donors (Lipinski definition) is 2. The van der Waals surface area contributed by atoms with E-state index in [1.54, 1.807) is 6.07 Å². The highest BCUT2D eigenvalue weighted by Gasteiger charge is 2.14. The summed E-state index contributed by atoms with van der Waals surface area (Å²) in [7, 11) is 0. The van der Waals surface area contributed by atoms with Crippen LogP contribution in [0.25, 0.3) is 21.7 Å². The molecule has 1 aromatic heterocycles. The molecular formula is C20H13FN2O2. The second kappa shape index (κ2) is 5.87. The van der Waals surface area contributed by atoms with Gasteiger partial charge in [-0.2, -0.15) is 0 Å². The first kappa shape index (κ1) is 15.1. The Labute approximate surface area is 141 Å². The van der Waals surface area contributed by atoms with Gasteiger partial charge in [-0.05, 0) is 29.7 Å². The molecule has 0 radical (unpaired) electrons. The van der Waals surface area contributed by atoms with E-state index >= 15 is 0 Å². The predicted molar refractivity (Wildman–Crippen MR) is 96.4 cm³/mol. The molecule has 2 N–H and O–H groups in total. The molecule has 3 aromatic carbocycles. The molecule has 4 aromatic rings. The van der Waals surface area contributed by atoms with E-state index in [1.165, 1.54) is 18.3 Å². The number of rotatable bonds is 2. The number of nitrogens with one attached hydrogen (secondary N) is 2. The zero-order valence-electron chi connectivity index (χ0n) is 13.0. The number of carbonyl (C=O) groups is 1. The van der Waals surface area contributed by atoms with E-state index in [-0.39, 0.29) is 10.9 Å². The molecule has 0 aliphatic heterocycles. The molecule has 25 heavy (non-hydrogen) atoms. The van der Waals surface area contributed by atoms with E-state index in [0.717, 1.165) is 16.8 Å². The van der Waals surface area contributed by atoms with Gasteiger partial charge in [-0.1, -0.05) is 36.4 Å². The molecular weight excluding hydrogens is 319 g/mol. The molecule has 1 amide bonds. The maximum Gasteiger partial charge on any atom is 0.261 e. The quantitative estimate of drug-likeness (QED) is 0.581. The fourth-order valence-corrected chi connectivity index (χ4v) is 2.88. The summed E-state index contributed by atoms with van der Waals surface area (Å²) < 4.78 is 13.4. The minimum atomic E-state index is -0.538. The van der Waals surface area contributed by atoms with Gasteiger partial charge in [0.1, 0.15) is 11.4 Å². The van der Waals surface area contributed by atoms with Crippen molar-refractivity contribution in [2.75, 3.05) is 5.32 Å². The summed E-state index contributed by atoms with van der Waals surface area (Å²) in [5.41, 5.74) is 0.520.